The fourth-order valence-electron chi connectivity index (χ4n) is 1.87. The van der Waals surface area contributed by atoms with Gasteiger partial charge in [0.15, 0.2) is 0 Å². The minimum absolute atomic E-state index is 0.0365. The van der Waals surface area contributed by atoms with Crippen LogP contribution in [0, 0.1) is 13.8 Å². The van der Waals surface area contributed by atoms with E-state index < -0.39 is 16.6 Å². The molecule has 0 unspecified atom stereocenters. The van der Waals surface area contributed by atoms with E-state index in [0.717, 1.165) is 5.01 Å². The molecule has 0 atom stereocenters. The highest BCUT2D eigenvalue weighted by Gasteiger charge is 2.28. The van der Waals surface area contributed by atoms with Gasteiger partial charge in [-0.05, 0) is 13.8 Å². The minimum atomic E-state index is -3.71. The number of aliphatic hydroxyl groups excluding tert-OH is 1. The summed E-state index contributed by atoms with van der Waals surface area (Å²) >= 11 is 1.47. The van der Waals surface area contributed by atoms with Crippen LogP contribution < -0.4 is 0 Å². The van der Waals surface area contributed by atoms with Gasteiger partial charge in [-0.25, -0.2) is 13.4 Å². The van der Waals surface area contributed by atoms with Crippen LogP contribution in [-0.4, -0.2) is 40.1 Å². The van der Waals surface area contributed by atoms with Crippen LogP contribution >= 0.6 is 11.3 Å². The van der Waals surface area contributed by atoms with Gasteiger partial charge in [0, 0.05) is 12.4 Å². The van der Waals surface area contributed by atoms with Gasteiger partial charge >= 0.3 is 0 Å². The normalized spacial score (nSPS) is 12.2. The quantitative estimate of drug-likeness (QED) is 0.850. The van der Waals surface area contributed by atoms with Gasteiger partial charge in [0.05, 0.1) is 29.5 Å². The number of hydrogen-bond donors (Lipinski definition) is 2. The molecule has 9 heteroatoms. The Labute approximate surface area is 121 Å². The summed E-state index contributed by atoms with van der Waals surface area (Å²) in [7, 11) is -2.23. The lowest BCUT2D eigenvalue weighted by Gasteiger charge is -2.16. The van der Waals surface area contributed by atoms with Crippen molar-refractivity contribution in [3.63, 3.8) is 0 Å². The Morgan fingerprint density at radius 2 is 2.15 bits per heavy atom. The van der Waals surface area contributed by atoms with Crippen molar-refractivity contribution in [2.45, 2.75) is 31.9 Å². The maximum Gasteiger partial charge on any atom is 0.246 e. The van der Waals surface area contributed by atoms with E-state index in [0.29, 0.717) is 11.4 Å². The van der Waals surface area contributed by atoms with E-state index in [1.165, 1.54) is 22.7 Å². The van der Waals surface area contributed by atoms with E-state index in [9.17, 15) is 13.5 Å². The topological polar surface area (TPSA) is 99.2 Å². The lowest BCUT2D eigenvalue weighted by atomic mass is 10.4. The zero-order chi connectivity index (χ0) is 14.9. The fourth-order valence-corrected chi connectivity index (χ4v) is 3.93. The number of nitrogens with one attached hydrogen (secondary N) is 1. The largest absolute Gasteiger partial charge is 0.390 e. The number of thiazole rings is 1. The van der Waals surface area contributed by atoms with Crippen LogP contribution in [0.3, 0.4) is 0 Å². The fraction of sp³-hybridized carbons (Fsp3) is 0.455. The van der Waals surface area contributed by atoms with Gasteiger partial charge in [0.2, 0.25) is 10.0 Å². The zero-order valence-electron chi connectivity index (χ0n) is 11.4. The van der Waals surface area contributed by atoms with Crippen molar-refractivity contribution in [1.29, 1.82) is 0 Å². The maximum absolute atomic E-state index is 12.5. The van der Waals surface area contributed by atoms with Gasteiger partial charge in [0.25, 0.3) is 0 Å². The summed E-state index contributed by atoms with van der Waals surface area (Å²) in [5, 5.41) is 18.3. The molecule has 0 saturated heterocycles. The average molecular weight is 316 g/mol. The van der Waals surface area contributed by atoms with Crippen LogP contribution in [-0.2, 0) is 23.2 Å². The van der Waals surface area contributed by atoms with Gasteiger partial charge in [0.1, 0.15) is 10.6 Å². The molecule has 7 nitrogen and oxygen atoms in total. The van der Waals surface area contributed by atoms with Crippen molar-refractivity contribution >= 4 is 21.4 Å². The SMILES string of the molecule is Cc1nc(CN(C)S(=O)(=O)c2c(CO)n[nH]c2C)cs1. The second-order valence-electron chi connectivity index (χ2n) is 4.40. The number of aromatic amines is 1. The van der Waals surface area contributed by atoms with Crippen molar-refractivity contribution in [1.82, 2.24) is 19.5 Å². The molecule has 0 aromatic carbocycles. The van der Waals surface area contributed by atoms with E-state index in [1.54, 1.807) is 6.92 Å². The number of aromatic nitrogens is 3. The molecule has 0 amide bonds. The molecule has 20 heavy (non-hydrogen) atoms. The predicted molar refractivity (Wildman–Crippen MR) is 74.8 cm³/mol. The van der Waals surface area contributed by atoms with Crippen molar-refractivity contribution in [2.24, 2.45) is 0 Å². The molecule has 0 radical (unpaired) electrons. The van der Waals surface area contributed by atoms with E-state index >= 15 is 0 Å². The summed E-state index contributed by atoms with van der Waals surface area (Å²) in [6.45, 7) is 3.23. The van der Waals surface area contributed by atoms with Gasteiger partial charge in [-0.3, -0.25) is 5.10 Å². The third-order valence-corrected chi connectivity index (χ3v) is 5.66. The Morgan fingerprint density at radius 3 is 2.70 bits per heavy atom. The summed E-state index contributed by atoms with van der Waals surface area (Å²) < 4.78 is 26.3. The average Bonchev–Trinajstić information content (AvgIpc) is 2.95. The standard InChI is InChI=1S/C11H16N4O3S2/c1-7-11(10(5-16)14-13-7)20(17,18)15(3)4-9-6-19-8(2)12-9/h6,16H,4-5H2,1-3H3,(H,13,14). The first kappa shape index (κ1) is 15.1. The highest BCUT2D eigenvalue weighted by Crippen LogP contribution is 2.23. The molecular formula is C11H16N4O3S2. The summed E-state index contributed by atoms with van der Waals surface area (Å²) in [4.78, 5) is 4.29. The van der Waals surface area contributed by atoms with Crippen molar-refractivity contribution < 1.29 is 13.5 Å². The van der Waals surface area contributed by atoms with Crippen LogP contribution in [0.25, 0.3) is 0 Å². The van der Waals surface area contributed by atoms with Crippen LogP contribution in [0.4, 0.5) is 0 Å². The highest BCUT2D eigenvalue weighted by molar-refractivity contribution is 7.89. The third-order valence-electron chi connectivity index (χ3n) is 2.83. The molecular weight excluding hydrogens is 300 g/mol. The molecule has 2 aromatic rings. The molecule has 0 aliphatic rings. The molecule has 2 rings (SSSR count). The van der Waals surface area contributed by atoms with Crippen LogP contribution in [0.5, 0.6) is 0 Å². The number of aliphatic hydroxyl groups is 1. The molecule has 2 heterocycles. The number of H-pyrrole nitrogens is 1. The van der Waals surface area contributed by atoms with Crippen LogP contribution in [0.2, 0.25) is 0 Å². The molecule has 2 N–H and O–H groups in total. The lowest BCUT2D eigenvalue weighted by molar-refractivity contribution is 0.273. The molecule has 0 saturated carbocycles. The van der Waals surface area contributed by atoms with E-state index in [1.807, 2.05) is 12.3 Å². The summed E-state index contributed by atoms with van der Waals surface area (Å²) in [5.41, 5.74) is 1.24. The Balaban J connectivity index is 2.32. The van der Waals surface area contributed by atoms with E-state index in [2.05, 4.69) is 15.2 Å². The van der Waals surface area contributed by atoms with Gasteiger partial charge in [-0.2, -0.15) is 9.40 Å². The van der Waals surface area contributed by atoms with Gasteiger partial charge in [-0.1, -0.05) is 0 Å². The van der Waals surface area contributed by atoms with Crippen LogP contribution in [0.1, 0.15) is 22.1 Å². The van der Waals surface area contributed by atoms with Crippen molar-refractivity contribution in [3.8, 4) is 0 Å². The van der Waals surface area contributed by atoms with Gasteiger partial charge < -0.3 is 5.11 Å². The first-order chi connectivity index (χ1) is 9.36. The van der Waals surface area contributed by atoms with Gasteiger partial charge in [-0.15, -0.1) is 11.3 Å². The van der Waals surface area contributed by atoms with Crippen LogP contribution in [0.15, 0.2) is 10.3 Å². The molecule has 2 aromatic heterocycles. The third kappa shape index (κ3) is 2.75. The Bertz CT molecular complexity index is 705. The lowest BCUT2D eigenvalue weighted by Crippen LogP contribution is -2.27. The molecule has 0 spiro atoms. The van der Waals surface area contributed by atoms with Crippen molar-refractivity contribution in [3.05, 3.63) is 27.5 Å². The zero-order valence-corrected chi connectivity index (χ0v) is 13.0. The highest BCUT2D eigenvalue weighted by atomic mass is 32.2. The monoisotopic (exact) mass is 316 g/mol. The second kappa shape index (κ2) is 5.60. The first-order valence-electron chi connectivity index (χ1n) is 5.88. The Morgan fingerprint density at radius 1 is 1.45 bits per heavy atom. The number of rotatable bonds is 5. The number of sulfonamides is 1. The number of hydrogen-bond acceptors (Lipinski definition) is 6. The number of aryl methyl sites for hydroxylation is 2. The summed E-state index contributed by atoms with van der Waals surface area (Å²) in [5.74, 6) is 0. The minimum Gasteiger partial charge on any atom is -0.390 e. The molecule has 0 aliphatic carbocycles. The molecule has 110 valence electrons. The van der Waals surface area contributed by atoms with E-state index in [4.69, 9.17) is 0 Å². The Hall–Kier alpha value is -1.29. The molecule has 0 bridgehead atoms. The van der Waals surface area contributed by atoms with E-state index in [-0.39, 0.29) is 17.1 Å². The number of nitrogens with zero attached hydrogens (tertiary/aromatic N) is 3. The maximum atomic E-state index is 12.5. The summed E-state index contributed by atoms with van der Waals surface area (Å²) in [6, 6.07) is 0. The molecule has 0 fully saturated rings. The predicted octanol–water partition coefficient (Wildman–Crippen LogP) is 0.796. The Kier molecular flexibility index (Phi) is 4.23. The molecule has 0 aliphatic heterocycles. The smallest absolute Gasteiger partial charge is 0.246 e. The summed E-state index contributed by atoms with van der Waals surface area (Å²) in [6.07, 6.45) is 0. The second-order valence-corrected chi connectivity index (χ2v) is 7.45. The first-order valence-corrected chi connectivity index (χ1v) is 8.20. The van der Waals surface area contributed by atoms with Crippen molar-refractivity contribution in [2.75, 3.05) is 7.05 Å².